The molecule has 0 atom stereocenters. The molecular weight excluding hydrogens is 235 g/mol. The summed E-state index contributed by atoms with van der Waals surface area (Å²) in [5.41, 5.74) is 6.07. The van der Waals surface area contributed by atoms with Crippen LogP contribution >= 0.6 is 0 Å². The van der Waals surface area contributed by atoms with E-state index in [1.54, 1.807) is 13.0 Å². The Bertz CT molecular complexity index is 636. The number of nitrogen functional groups attached to an aromatic ring is 1. The third-order valence-corrected chi connectivity index (χ3v) is 2.22. The predicted octanol–water partition coefficient (Wildman–Crippen LogP) is 2.17. The minimum atomic E-state index is -0.644. The highest BCUT2D eigenvalue weighted by Gasteiger charge is 2.08. The highest BCUT2D eigenvalue weighted by atomic mass is 19.1. The van der Waals surface area contributed by atoms with Gasteiger partial charge in [0, 0.05) is 17.8 Å². The molecule has 0 aliphatic rings. The fraction of sp³-hybridized carbons (Fsp3) is 0.0833. The number of hydrogen-bond acceptors (Lipinski definition) is 5. The van der Waals surface area contributed by atoms with Gasteiger partial charge in [-0.3, -0.25) is 0 Å². The Labute approximate surface area is 103 Å². The summed E-state index contributed by atoms with van der Waals surface area (Å²) in [6.45, 7) is 1.74. The summed E-state index contributed by atoms with van der Waals surface area (Å²) in [6, 6.07) is 5.68. The summed E-state index contributed by atoms with van der Waals surface area (Å²) >= 11 is 0. The molecule has 0 radical (unpaired) electrons. The number of halogens is 1. The van der Waals surface area contributed by atoms with Crippen molar-refractivity contribution in [2.75, 3.05) is 5.73 Å². The van der Waals surface area contributed by atoms with Crippen LogP contribution in [0.25, 0.3) is 0 Å². The van der Waals surface area contributed by atoms with E-state index in [0.29, 0.717) is 5.56 Å². The summed E-state index contributed by atoms with van der Waals surface area (Å²) in [4.78, 5) is 7.69. The van der Waals surface area contributed by atoms with Crippen LogP contribution in [0, 0.1) is 24.1 Å². The lowest BCUT2D eigenvalue weighted by molar-refractivity contribution is 0.453. The zero-order chi connectivity index (χ0) is 13.1. The van der Waals surface area contributed by atoms with Gasteiger partial charge in [-0.1, -0.05) is 0 Å². The molecule has 1 heterocycles. The van der Waals surface area contributed by atoms with Crippen molar-refractivity contribution in [3.05, 3.63) is 41.3 Å². The molecule has 6 heteroatoms. The SMILES string of the molecule is Cc1cnc(N)nc1Oc1ccc(C#N)c(F)c1. The van der Waals surface area contributed by atoms with Gasteiger partial charge in [0.05, 0.1) is 5.56 Å². The number of rotatable bonds is 2. The van der Waals surface area contributed by atoms with Crippen molar-refractivity contribution < 1.29 is 9.13 Å². The molecule has 1 aromatic carbocycles. The van der Waals surface area contributed by atoms with Gasteiger partial charge in [-0.15, -0.1) is 0 Å². The predicted molar refractivity (Wildman–Crippen MR) is 62.4 cm³/mol. The highest BCUT2D eigenvalue weighted by Crippen LogP contribution is 2.24. The number of anilines is 1. The average molecular weight is 244 g/mol. The molecule has 18 heavy (non-hydrogen) atoms. The smallest absolute Gasteiger partial charge is 0.226 e. The van der Waals surface area contributed by atoms with E-state index in [0.717, 1.165) is 6.07 Å². The largest absolute Gasteiger partial charge is 0.438 e. The average Bonchev–Trinajstić information content (AvgIpc) is 2.34. The standard InChI is InChI=1S/C12H9FN4O/c1-7-6-16-12(15)17-11(7)18-9-3-2-8(5-14)10(13)4-9/h2-4,6H,1H3,(H2,15,16,17). The molecule has 0 unspecified atom stereocenters. The molecule has 90 valence electrons. The fourth-order valence-corrected chi connectivity index (χ4v) is 1.30. The number of ether oxygens (including phenoxy) is 1. The minimum absolute atomic E-state index is 0.0405. The van der Waals surface area contributed by atoms with Crippen molar-refractivity contribution in [2.24, 2.45) is 0 Å². The van der Waals surface area contributed by atoms with Crippen LogP contribution in [-0.4, -0.2) is 9.97 Å². The first kappa shape index (κ1) is 11.8. The van der Waals surface area contributed by atoms with Gasteiger partial charge in [0.15, 0.2) is 0 Å². The Morgan fingerprint density at radius 2 is 2.22 bits per heavy atom. The van der Waals surface area contributed by atoms with Crippen LogP contribution in [-0.2, 0) is 0 Å². The van der Waals surface area contributed by atoms with Crippen LogP contribution < -0.4 is 10.5 Å². The fourth-order valence-electron chi connectivity index (χ4n) is 1.30. The van der Waals surface area contributed by atoms with Crippen LogP contribution in [0.15, 0.2) is 24.4 Å². The summed E-state index contributed by atoms with van der Waals surface area (Å²) in [5.74, 6) is -0.0706. The van der Waals surface area contributed by atoms with Crippen LogP contribution in [0.2, 0.25) is 0 Å². The molecule has 0 saturated heterocycles. The lowest BCUT2D eigenvalue weighted by atomic mass is 10.2. The van der Waals surface area contributed by atoms with Crippen molar-refractivity contribution >= 4 is 5.95 Å². The van der Waals surface area contributed by atoms with Crippen LogP contribution in [0.5, 0.6) is 11.6 Å². The summed E-state index contributed by atoms with van der Waals surface area (Å²) < 4.78 is 18.8. The van der Waals surface area contributed by atoms with E-state index in [-0.39, 0.29) is 23.1 Å². The molecule has 0 aliphatic carbocycles. The first-order chi connectivity index (χ1) is 8.60. The Morgan fingerprint density at radius 3 is 2.89 bits per heavy atom. The lowest BCUT2D eigenvalue weighted by Gasteiger charge is -2.07. The molecule has 0 saturated carbocycles. The van der Waals surface area contributed by atoms with Crippen molar-refractivity contribution in [3.63, 3.8) is 0 Å². The summed E-state index contributed by atoms with van der Waals surface area (Å²) in [5, 5.41) is 8.61. The molecular formula is C12H9FN4O. The summed E-state index contributed by atoms with van der Waals surface area (Å²) in [7, 11) is 0. The first-order valence-electron chi connectivity index (χ1n) is 5.07. The third-order valence-electron chi connectivity index (χ3n) is 2.22. The topological polar surface area (TPSA) is 84.8 Å². The third kappa shape index (κ3) is 2.35. The second-order valence-electron chi connectivity index (χ2n) is 3.57. The molecule has 2 rings (SSSR count). The second-order valence-corrected chi connectivity index (χ2v) is 3.57. The zero-order valence-corrected chi connectivity index (χ0v) is 9.51. The number of hydrogen-bond donors (Lipinski definition) is 1. The van der Waals surface area contributed by atoms with E-state index in [9.17, 15) is 4.39 Å². The monoisotopic (exact) mass is 244 g/mol. The maximum absolute atomic E-state index is 13.4. The molecule has 0 fully saturated rings. The van der Waals surface area contributed by atoms with E-state index in [2.05, 4.69) is 9.97 Å². The first-order valence-corrected chi connectivity index (χ1v) is 5.07. The van der Waals surface area contributed by atoms with Crippen molar-refractivity contribution in [3.8, 4) is 17.7 Å². The Kier molecular flexibility index (Phi) is 3.06. The molecule has 2 N–H and O–H groups in total. The quantitative estimate of drug-likeness (QED) is 0.875. The van der Waals surface area contributed by atoms with Crippen molar-refractivity contribution in [2.45, 2.75) is 6.92 Å². The molecule has 5 nitrogen and oxygen atoms in total. The Morgan fingerprint density at radius 1 is 1.44 bits per heavy atom. The minimum Gasteiger partial charge on any atom is -0.438 e. The van der Waals surface area contributed by atoms with Gasteiger partial charge in [-0.25, -0.2) is 9.37 Å². The maximum atomic E-state index is 13.4. The number of nitrogens with zero attached hydrogens (tertiary/aromatic N) is 3. The number of aromatic nitrogens is 2. The van der Waals surface area contributed by atoms with Gasteiger partial charge in [-0.2, -0.15) is 10.2 Å². The van der Waals surface area contributed by atoms with Crippen molar-refractivity contribution in [1.29, 1.82) is 5.26 Å². The van der Waals surface area contributed by atoms with Crippen molar-refractivity contribution in [1.82, 2.24) is 9.97 Å². The van der Waals surface area contributed by atoms with E-state index < -0.39 is 5.82 Å². The van der Waals surface area contributed by atoms with E-state index >= 15 is 0 Å². The molecule has 2 aromatic rings. The zero-order valence-electron chi connectivity index (χ0n) is 9.51. The molecule has 0 amide bonds. The molecule has 0 bridgehead atoms. The van der Waals surface area contributed by atoms with Gasteiger partial charge in [0.2, 0.25) is 11.8 Å². The van der Waals surface area contributed by atoms with Crippen LogP contribution in [0.4, 0.5) is 10.3 Å². The number of nitriles is 1. The maximum Gasteiger partial charge on any atom is 0.226 e. The Hall–Kier alpha value is -2.68. The van der Waals surface area contributed by atoms with Gasteiger partial charge in [-0.05, 0) is 19.1 Å². The number of aryl methyl sites for hydroxylation is 1. The molecule has 1 aromatic heterocycles. The van der Waals surface area contributed by atoms with Gasteiger partial charge in [0.1, 0.15) is 17.6 Å². The van der Waals surface area contributed by atoms with Gasteiger partial charge < -0.3 is 10.5 Å². The molecule has 0 spiro atoms. The van der Waals surface area contributed by atoms with E-state index in [1.807, 2.05) is 0 Å². The van der Waals surface area contributed by atoms with Gasteiger partial charge >= 0.3 is 0 Å². The van der Waals surface area contributed by atoms with Crippen LogP contribution in [0.1, 0.15) is 11.1 Å². The lowest BCUT2D eigenvalue weighted by Crippen LogP contribution is -1.99. The number of benzene rings is 1. The molecule has 0 aliphatic heterocycles. The van der Waals surface area contributed by atoms with E-state index in [1.165, 1.54) is 18.3 Å². The number of nitrogens with two attached hydrogens (primary N) is 1. The second kappa shape index (κ2) is 4.67. The van der Waals surface area contributed by atoms with Crippen LogP contribution in [0.3, 0.4) is 0 Å². The summed E-state index contributed by atoms with van der Waals surface area (Å²) in [6.07, 6.45) is 1.51. The Balaban J connectivity index is 2.32. The normalized spacial score (nSPS) is 9.83. The van der Waals surface area contributed by atoms with Gasteiger partial charge in [0.25, 0.3) is 0 Å². The van der Waals surface area contributed by atoms with E-state index in [4.69, 9.17) is 15.7 Å². The highest BCUT2D eigenvalue weighted by molar-refractivity contribution is 5.39.